The number of amides is 2. The molecule has 0 heterocycles. The van der Waals surface area contributed by atoms with Crippen LogP contribution in [0.25, 0.3) is 0 Å². The summed E-state index contributed by atoms with van der Waals surface area (Å²) in [6.45, 7) is 0.461. The van der Waals surface area contributed by atoms with Crippen LogP contribution in [0, 0.1) is 0 Å². The highest BCUT2D eigenvalue weighted by atomic mass is 35.5. The molecule has 37 heavy (non-hydrogen) atoms. The van der Waals surface area contributed by atoms with Gasteiger partial charge in [0.25, 0.3) is 11.8 Å². The molecule has 2 aliphatic rings. The molecule has 3 aromatic rings. The summed E-state index contributed by atoms with van der Waals surface area (Å²) in [5.74, 6) is 0.188. The maximum atomic E-state index is 13.1. The zero-order valence-electron chi connectivity index (χ0n) is 21.3. The number of methoxy groups -OCH3 is 1. The third-order valence-electron chi connectivity index (χ3n) is 7.03. The topological polar surface area (TPSA) is 87.7 Å². The molecule has 5 rings (SSSR count). The number of rotatable bonds is 7. The van der Waals surface area contributed by atoms with Gasteiger partial charge in [-0.15, -0.1) is 0 Å². The van der Waals surface area contributed by atoms with E-state index in [-0.39, 0.29) is 11.8 Å². The summed E-state index contributed by atoms with van der Waals surface area (Å²) < 4.78 is 5.26. The molecule has 0 bridgehead atoms. The normalized spacial score (nSPS) is 13.2. The Morgan fingerprint density at radius 2 is 1.54 bits per heavy atom. The molecule has 0 saturated heterocycles. The Kier molecular flexibility index (Phi) is 8.85. The summed E-state index contributed by atoms with van der Waals surface area (Å²) in [6, 6.07) is 14.9. The van der Waals surface area contributed by atoms with Gasteiger partial charge in [0.1, 0.15) is 5.75 Å². The summed E-state index contributed by atoms with van der Waals surface area (Å²) in [7, 11) is 2.52. The summed E-state index contributed by atoms with van der Waals surface area (Å²) in [6.07, 6.45) is 7.29. The number of anilines is 1. The SMILES string of the molecule is CO.COc1ccc(Cl)cc1C(=O)NCCc1ccc(C(=O)Nc2c3c(cc4c2CCC4)CCC3)cc1. The maximum absolute atomic E-state index is 13.1. The van der Waals surface area contributed by atoms with Crippen LogP contribution in [0.15, 0.2) is 48.5 Å². The Morgan fingerprint density at radius 3 is 2.16 bits per heavy atom. The second kappa shape index (κ2) is 12.3. The zero-order chi connectivity index (χ0) is 26.4. The van der Waals surface area contributed by atoms with Crippen LogP contribution >= 0.6 is 11.6 Å². The second-order valence-corrected chi connectivity index (χ2v) is 9.67. The van der Waals surface area contributed by atoms with Crippen molar-refractivity contribution in [2.75, 3.05) is 26.1 Å². The lowest BCUT2D eigenvalue weighted by Crippen LogP contribution is -2.26. The van der Waals surface area contributed by atoms with Gasteiger partial charge in [-0.1, -0.05) is 29.8 Å². The molecule has 7 heteroatoms. The molecule has 2 aliphatic carbocycles. The van der Waals surface area contributed by atoms with Crippen molar-refractivity contribution < 1.29 is 19.4 Å². The molecule has 0 spiro atoms. The van der Waals surface area contributed by atoms with Gasteiger partial charge in [-0.3, -0.25) is 9.59 Å². The van der Waals surface area contributed by atoms with Gasteiger partial charge in [-0.2, -0.15) is 0 Å². The molecular weight excluding hydrogens is 488 g/mol. The maximum Gasteiger partial charge on any atom is 0.255 e. The number of aryl methyl sites for hydroxylation is 2. The zero-order valence-corrected chi connectivity index (χ0v) is 22.1. The standard InChI is InChI=1S/C29H29ClN2O3.CH4O/c1-35-26-13-12-22(30)17-25(26)29(34)31-15-14-18-8-10-19(11-9-18)28(33)32-27-23-6-2-4-20(23)16-21-5-3-7-24(21)27;1-2/h8-13,16-17H,2-7,14-15H2,1H3,(H,31,34)(H,32,33);2H,1H3. The van der Waals surface area contributed by atoms with Crippen molar-refractivity contribution in [2.45, 2.75) is 44.9 Å². The molecular formula is C30H33ClN2O4. The second-order valence-electron chi connectivity index (χ2n) is 9.24. The van der Waals surface area contributed by atoms with Gasteiger partial charge < -0.3 is 20.5 Å². The first-order valence-electron chi connectivity index (χ1n) is 12.7. The Bertz CT molecular complexity index is 1260. The molecule has 0 radical (unpaired) electrons. The molecule has 3 N–H and O–H groups in total. The van der Waals surface area contributed by atoms with Crippen LogP contribution in [-0.2, 0) is 32.1 Å². The molecule has 0 aromatic heterocycles. The first-order valence-corrected chi connectivity index (χ1v) is 13.0. The first-order chi connectivity index (χ1) is 18.0. The predicted octanol–water partition coefficient (Wildman–Crippen LogP) is 5.16. The van der Waals surface area contributed by atoms with Gasteiger partial charge in [0, 0.05) is 29.9 Å². The molecule has 3 aromatic carbocycles. The molecule has 2 amide bonds. The first kappa shape index (κ1) is 26.7. The summed E-state index contributed by atoms with van der Waals surface area (Å²) >= 11 is 6.03. The van der Waals surface area contributed by atoms with Crippen LogP contribution in [0.2, 0.25) is 5.02 Å². The van der Waals surface area contributed by atoms with E-state index in [4.69, 9.17) is 21.4 Å². The fourth-order valence-electron chi connectivity index (χ4n) is 5.25. The van der Waals surface area contributed by atoms with Crippen molar-refractivity contribution >= 4 is 29.1 Å². The number of aliphatic hydroxyl groups is 1. The van der Waals surface area contributed by atoms with Crippen LogP contribution in [-0.4, -0.2) is 37.7 Å². The van der Waals surface area contributed by atoms with Crippen molar-refractivity contribution in [3.63, 3.8) is 0 Å². The van der Waals surface area contributed by atoms with E-state index in [1.165, 1.54) is 29.4 Å². The Labute approximate surface area is 223 Å². The molecule has 6 nitrogen and oxygen atoms in total. The van der Waals surface area contributed by atoms with E-state index in [0.29, 0.717) is 34.9 Å². The van der Waals surface area contributed by atoms with Crippen LogP contribution in [0.4, 0.5) is 5.69 Å². The van der Waals surface area contributed by atoms with E-state index in [1.807, 2.05) is 24.3 Å². The van der Waals surface area contributed by atoms with E-state index in [1.54, 1.807) is 18.2 Å². The van der Waals surface area contributed by atoms with Crippen molar-refractivity contribution in [1.82, 2.24) is 5.32 Å². The highest BCUT2D eigenvalue weighted by Gasteiger charge is 2.25. The van der Waals surface area contributed by atoms with Crippen molar-refractivity contribution in [2.24, 2.45) is 0 Å². The number of fused-ring (bicyclic) bond motifs is 2. The van der Waals surface area contributed by atoms with E-state index in [0.717, 1.165) is 56.9 Å². The third kappa shape index (κ3) is 5.97. The number of carbonyl (C=O) groups excluding carboxylic acids is 2. The van der Waals surface area contributed by atoms with Gasteiger partial charge in [0.15, 0.2) is 0 Å². The average molecular weight is 521 g/mol. The number of ether oxygens (including phenoxy) is 1. The number of benzene rings is 3. The van der Waals surface area contributed by atoms with Crippen molar-refractivity contribution in [3.05, 3.63) is 92.5 Å². The van der Waals surface area contributed by atoms with E-state index in [2.05, 4.69) is 16.7 Å². The summed E-state index contributed by atoms with van der Waals surface area (Å²) in [4.78, 5) is 25.6. The van der Waals surface area contributed by atoms with Crippen LogP contribution in [0.1, 0.15) is 61.4 Å². The number of nitrogens with one attached hydrogen (secondary N) is 2. The van der Waals surface area contributed by atoms with E-state index < -0.39 is 0 Å². The van der Waals surface area contributed by atoms with E-state index in [9.17, 15) is 9.59 Å². The molecule has 0 atom stereocenters. The lowest BCUT2D eigenvalue weighted by atomic mass is 9.98. The van der Waals surface area contributed by atoms with Crippen molar-refractivity contribution in [3.8, 4) is 5.75 Å². The number of halogens is 1. The largest absolute Gasteiger partial charge is 0.496 e. The number of hydrogen-bond acceptors (Lipinski definition) is 4. The Morgan fingerprint density at radius 1 is 0.892 bits per heavy atom. The average Bonchev–Trinajstić information content (AvgIpc) is 3.59. The molecule has 0 fully saturated rings. The van der Waals surface area contributed by atoms with Gasteiger partial charge >= 0.3 is 0 Å². The van der Waals surface area contributed by atoms with Gasteiger partial charge in [0.2, 0.25) is 0 Å². The Hall–Kier alpha value is -3.35. The van der Waals surface area contributed by atoms with Gasteiger partial charge in [-0.25, -0.2) is 0 Å². The number of carbonyl (C=O) groups is 2. The van der Waals surface area contributed by atoms with Crippen LogP contribution < -0.4 is 15.4 Å². The number of aliphatic hydroxyl groups excluding tert-OH is 1. The smallest absolute Gasteiger partial charge is 0.255 e. The molecule has 0 unspecified atom stereocenters. The third-order valence-corrected chi connectivity index (χ3v) is 7.27. The predicted molar refractivity (Wildman–Crippen MR) is 147 cm³/mol. The fraction of sp³-hybridized carbons (Fsp3) is 0.333. The van der Waals surface area contributed by atoms with Crippen LogP contribution in [0.5, 0.6) is 5.75 Å². The summed E-state index contributed by atoms with van der Waals surface area (Å²) in [5, 5.41) is 13.6. The highest BCUT2D eigenvalue weighted by Crippen LogP contribution is 2.38. The molecule has 0 aliphatic heterocycles. The van der Waals surface area contributed by atoms with E-state index >= 15 is 0 Å². The van der Waals surface area contributed by atoms with Crippen molar-refractivity contribution in [1.29, 1.82) is 0 Å². The highest BCUT2D eigenvalue weighted by molar-refractivity contribution is 6.31. The quantitative estimate of drug-likeness (QED) is 0.401. The molecule has 0 saturated carbocycles. The molecule has 194 valence electrons. The minimum atomic E-state index is -0.233. The minimum Gasteiger partial charge on any atom is -0.496 e. The monoisotopic (exact) mass is 520 g/mol. The van der Waals surface area contributed by atoms with Gasteiger partial charge in [-0.05, 0) is 103 Å². The number of hydrogen-bond donors (Lipinski definition) is 3. The lowest BCUT2D eigenvalue weighted by molar-refractivity contribution is 0.0950. The van der Waals surface area contributed by atoms with Crippen LogP contribution in [0.3, 0.4) is 0 Å². The fourth-order valence-corrected chi connectivity index (χ4v) is 5.42. The van der Waals surface area contributed by atoms with Gasteiger partial charge in [0.05, 0.1) is 12.7 Å². The minimum absolute atomic E-state index is 0.0627. The Balaban J connectivity index is 0.00000156. The summed E-state index contributed by atoms with van der Waals surface area (Å²) in [5.41, 5.74) is 8.66. The lowest BCUT2D eigenvalue weighted by Gasteiger charge is -2.16.